The fraction of sp³-hybridized carbons (Fsp3) is 0.462. The summed E-state index contributed by atoms with van der Waals surface area (Å²) in [5.74, 6) is -0.345. The van der Waals surface area contributed by atoms with E-state index in [0.29, 0.717) is 26.4 Å². The molecule has 5 nitrogen and oxygen atoms in total. The minimum absolute atomic E-state index is 0.0196. The van der Waals surface area contributed by atoms with Crippen LogP contribution in [0.25, 0.3) is 0 Å². The van der Waals surface area contributed by atoms with Gasteiger partial charge in [-0.15, -0.1) is 0 Å². The molecule has 1 aromatic carbocycles. The van der Waals surface area contributed by atoms with E-state index < -0.39 is 0 Å². The third kappa shape index (κ3) is 7.01. The number of nitrogens with one attached hydrogen (secondary N) is 1. The van der Waals surface area contributed by atoms with Crippen molar-refractivity contribution in [2.24, 2.45) is 0 Å². The molecule has 18 heavy (non-hydrogen) atoms. The van der Waals surface area contributed by atoms with E-state index in [0.717, 1.165) is 5.56 Å². The molecule has 0 spiro atoms. The fourth-order valence-corrected chi connectivity index (χ4v) is 1.25. The molecule has 5 heteroatoms. The van der Waals surface area contributed by atoms with Crippen LogP contribution in [-0.2, 0) is 25.7 Å². The Labute approximate surface area is 107 Å². The third-order valence-corrected chi connectivity index (χ3v) is 2.06. The number of carbonyl (C=O) groups is 1. The molecule has 0 radical (unpaired) electrons. The molecule has 0 heterocycles. The molecule has 0 saturated carbocycles. The predicted molar refractivity (Wildman–Crippen MR) is 66.7 cm³/mol. The minimum atomic E-state index is -0.345. The highest BCUT2D eigenvalue weighted by Gasteiger charge is 2.00. The van der Waals surface area contributed by atoms with E-state index in [-0.39, 0.29) is 12.6 Å². The first-order chi connectivity index (χ1) is 8.83. The molecule has 0 aliphatic rings. The molecule has 0 unspecified atom stereocenters. The predicted octanol–water partition coefficient (Wildman–Crippen LogP) is 1.29. The van der Waals surface area contributed by atoms with Gasteiger partial charge in [0.1, 0.15) is 6.61 Å². The summed E-state index contributed by atoms with van der Waals surface area (Å²) >= 11 is 0. The molecule has 0 amide bonds. The highest BCUT2D eigenvalue weighted by molar-refractivity contribution is 5.70. The number of hydrogen-bond donors (Lipinski definition) is 1. The van der Waals surface area contributed by atoms with Crippen LogP contribution in [0.15, 0.2) is 30.3 Å². The van der Waals surface area contributed by atoms with Crippen molar-refractivity contribution in [2.45, 2.75) is 13.5 Å². The van der Waals surface area contributed by atoms with Crippen LogP contribution in [0.4, 0.5) is 0 Å². The summed E-state index contributed by atoms with van der Waals surface area (Å²) < 4.78 is 9.80. The van der Waals surface area contributed by atoms with Gasteiger partial charge >= 0.3 is 5.97 Å². The maximum Gasteiger partial charge on any atom is 0.332 e. The second-order valence-corrected chi connectivity index (χ2v) is 3.53. The number of hydroxylamine groups is 1. The van der Waals surface area contributed by atoms with Gasteiger partial charge in [-0.25, -0.2) is 4.79 Å². The van der Waals surface area contributed by atoms with Crippen molar-refractivity contribution in [1.29, 1.82) is 0 Å². The lowest BCUT2D eigenvalue weighted by Crippen LogP contribution is -2.22. The van der Waals surface area contributed by atoms with Crippen molar-refractivity contribution >= 4 is 5.97 Å². The highest BCUT2D eigenvalue weighted by atomic mass is 16.6. The Morgan fingerprint density at radius 1 is 1.28 bits per heavy atom. The number of benzene rings is 1. The Morgan fingerprint density at radius 3 is 2.78 bits per heavy atom. The molecular weight excluding hydrogens is 234 g/mol. The summed E-state index contributed by atoms with van der Waals surface area (Å²) in [5.41, 5.74) is 3.86. The molecule has 0 fully saturated rings. The van der Waals surface area contributed by atoms with Crippen LogP contribution < -0.4 is 5.48 Å². The zero-order valence-corrected chi connectivity index (χ0v) is 10.6. The van der Waals surface area contributed by atoms with Crippen molar-refractivity contribution in [2.75, 3.05) is 26.4 Å². The molecule has 0 aliphatic carbocycles. The average Bonchev–Trinajstić information content (AvgIpc) is 2.39. The van der Waals surface area contributed by atoms with Gasteiger partial charge in [0.15, 0.2) is 0 Å². The van der Waals surface area contributed by atoms with Gasteiger partial charge in [-0.2, -0.15) is 5.48 Å². The Balaban J connectivity index is 1.92. The van der Waals surface area contributed by atoms with Crippen LogP contribution in [-0.4, -0.2) is 32.3 Å². The topological polar surface area (TPSA) is 56.8 Å². The van der Waals surface area contributed by atoms with Crippen molar-refractivity contribution < 1.29 is 19.1 Å². The lowest BCUT2D eigenvalue weighted by atomic mass is 10.2. The Bertz CT molecular complexity index is 329. The van der Waals surface area contributed by atoms with E-state index in [2.05, 4.69) is 5.48 Å². The average molecular weight is 253 g/mol. The van der Waals surface area contributed by atoms with Crippen LogP contribution in [0.3, 0.4) is 0 Å². The van der Waals surface area contributed by atoms with Gasteiger partial charge in [0, 0.05) is 6.54 Å². The van der Waals surface area contributed by atoms with Crippen LogP contribution in [0.5, 0.6) is 0 Å². The largest absolute Gasteiger partial charge is 0.464 e. The molecule has 0 bridgehead atoms. The maximum atomic E-state index is 10.9. The second-order valence-electron chi connectivity index (χ2n) is 3.53. The van der Waals surface area contributed by atoms with E-state index in [9.17, 15) is 4.79 Å². The Kier molecular flexibility index (Phi) is 7.79. The molecule has 1 rings (SSSR count). The van der Waals surface area contributed by atoms with E-state index >= 15 is 0 Å². The number of esters is 1. The number of carbonyl (C=O) groups excluding carboxylic acids is 1. The summed E-state index contributed by atoms with van der Waals surface area (Å²) in [7, 11) is 0. The van der Waals surface area contributed by atoms with E-state index in [1.165, 1.54) is 0 Å². The molecular formula is C13H19NO4. The smallest absolute Gasteiger partial charge is 0.332 e. The third-order valence-electron chi connectivity index (χ3n) is 2.06. The lowest BCUT2D eigenvalue weighted by Gasteiger charge is -2.06. The molecule has 1 N–H and O–H groups in total. The molecule has 0 aliphatic heterocycles. The molecule has 0 saturated heterocycles. The number of rotatable bonds is 9. The zero-order chi connectivity index (χ0) is 13.1. The van der Waals surface area contributed by atoms with Gasteiger partial charge in [0.25, 0.3) is 0 Å². The highest BCUT2D eigenvalue weighted by Crippen LogP contribution is 1.98. The quantitative estimate of drug-likeness (QED) is 0.408. The summed E-state index contributed by atoms with van der Waals surface area (Å²) in [5, 5.41) is 0. The Hall–Kier alpha value is -1.43. The summed E-state index contributed by atoms with van der Waals surface area (Å²) in [4.78, 5) is 16.1. The molecule has 0 aromatic heterocycles. The van der Waals surface area contributed by atoms with Gasteiger partial charge in [0.05, 0.1) is 19.8 Å². The SMILES string of the molecule is CCOC(=O)COCCNOCc1ccccc1. The van der Waals surface area contributed by atoms with Crippen LogP contribution in [0.2, 0.25) is 0 Å². The van der Waals surface area contributed by atoms with Gasteiger partial charge in [-0.05, 0) is 12.5 Å². The van der Waals surface area contributed by atoms with Gasteiger partial charge in [0.2, 0.25) is 0 Å². The molecule has 0 atom stereocenters. The maximum absolute atomic E-state index is 10.9. The van der Waals surface area contributed by atoms with E-state index in [4.69, 9.17) is 14.3 Å². The van der Waals surface area contributed by atoms with Crippen molar-refractivity contribution in [3.63, 3.8) is 0 Å². The molecule has 1 aromatic rings. The first kappa shape index (κ1) is 14.6. The molecule has 100 valence electrons. The first-order valence-electron chi connectivity index (χ1n) is 5.95. The monoisotopic (exact) mass is 253 g/mol. The normalized spacial score (nSPS) is 10.3. The number of hydrogen-bond acceptors (Lipinski definition) is 5. The zero-order valence-electron chi connectivity index (χ0n) is 10.6. The van der Waals surface area contributed by atoms with Gasteiger partial charge in [-0.1, -0.05) is 30.3 Å². The summed E-state index contributed by atoms with van der Waals surface area (Å²) in [6.07, 6.45) is 0. The number of ether oxygens (including phenoxy) is 2. The van der Waals surface area contributed by atoms with Crippen LogP contribution in [0.1, 0.15) is 12.5 Å². The summed E-state index contributed by atoms with van der Waals surface area (Å²) in [6.45, 7) is 3.53. The Morgan fingerprint density at radius 2 is 2.06 bits per heavy atom. The van der Waals surface area contributed by atoms with Gasteiger partial charge < -0.3 is 9.47 Å². The van der Waals surface area contributed by atoms with Crippen molar-refractivity contribution in [1.82, 2.24) is 5.48 Å². The van der Waals surface area contributed by atoms with Crippen LogP contribution in [0, 0.1) is 0 Å². The fourth-order valence-electron chi connectivity index (χ4n) is 1.25. The minimum Gasteiger partial charge on any atom is -0.464 e. The first-order valence-corrected chi connectivity index (χ1v) is 5.95. The van der Waals surface area contributed by atoms with Gasteiger partial charge in [-0.3, -0.25) is 4.84 Å². The second kappa shape index (κ2) is 9.58. The van der Waals surface area contributed by atoms with Crippen molar-refractivity contribution in [3.8, 4) is 0 Å². The summed E-state index contributed by atoms with van der Waals surface area (Å²) in [6, 6.07) is 9.85. The van der Waals surface area contributed by atoms with E-state index in [1.54, 1.807) is 6.92 Å². The standard InChI is InChI=1S/C13H19NO4/c1-2-17-13(15)11-16-9-8-14-18-10-12-6-4-3-5-7-12/h3-7,14H,2,8-11H2,1H3. The van der Waals surface area contributed by atoms with Crippen LogP contribution >= 0.6 is 0 Å². The van der Waals surface area contributed by atoms with E-state index in [1.807, 2.05) is 30.3 Å². The van der Waals surface area contributed by atoms with Crippen molar-refractivity contribution in [3.05, 3.63) is 35.9 Å². The lowest BCUT2D eigenvalue weighted by molar-refractivity contribution is -0.148.